The predicted molar refractivity (Wildman–Crippen MR) is 119 cm³/mol. The van der Waals surface area contributed by atoms with Gasteiger partial charge in [0, 0.05) is 23.1 Å². The lowest BCUT2D eigenvalue weighted by Crippen LogP contribution is -2.25. The Kier molecular flexibility index (Phi) is 7.07. The zero-order valence-electron chi connectivity index (χ0n) is 18.6. The van der Waals surface area contributed by atoms with Crippen molar-refractivity contribution >= 4 is 22.4 Å². The van der Waals surface area contributed by atoms with Crippen molar-refractivity contribution in [2.24, 2.45) is 0 Å². The minimum Gasteiger partial charge on any atom is -0.429 e. The van der Waals surface area contributed by atoms with Gasteiger partial charge in [0.2, 0.25) is 0 Å². The molecule has 0 saturated carbocycles. The van der Waals surface area contributed by atoms with Crippen LogP contribution < -0.4 is 4.74 Å². The van der Waals surface area contributed by atoms with Crippen molar-refractivity contribution in [1.29, 1.82) is 0 Å². The molecule has 0 bridgehead atoms. The number of ether oxygens (including phenoxy) is 1. The first-order valence-corrected chi connectivity index (χ1v) is 11.0. The SMILES string of the molecule is CCCc1ccc(-c2cc(Cl)c3c(F)c(C(F)(F)Oc4cc(F)c(F)c(F)c4)c(F)cc3c2)c(F)c1F. The molecule has 4 rings (SSSR count). The third kappa shape index (κ3) is 4.82. The maximum absolute atomic E-state index is 15.2. The molecule has 4 aromatic rings. The third-order valence-corrected chi connectivity index (χ3v) is 5.87. The van der Waals surface area contributed by atoms with Crippen LogP contribution in [0.3, 0.4) is 0 Å². The highest BCUT2D eigenvalue weighted by molar-refractivity contribution is 6.36. The van der Waals surface area contributed by atoms with Crippen molar-refractivity contribution < 1.29 is 44.3 Å². The summed E-state index contributed by atoms with van der Waals surface area (Å²) in [7, 11) is 0. The maximum Gasteiger partial charge on any atom is 0.432 e. The van der Waals surface area contributed by atoms with Crippen molar-refractivity contribution in [3.05, 3.63) is 99.3 Å². The molecule has 0 heterocycles. The molecule has 0 fully saturated rings. The molecule has 37 heavy (non-hydrogen) atoms. The van der Waals surface area contributed by atoms with Crippen molar-refractivity contribution in [2.75, 3.05) is 0 Å². The second kappa shape index (κ2) is 9.81. The summed E-state index contributed by atoms with van der Waals surface area (Å²) in [6.45, 7) is 1.77. The highest BCUT2D eigenvalue weighted by atomic mass is 35.5. The molecular formula is C26H14ClF9O. The molecule has 1 nitrogen and oxygen atoms in total. The van der Waals surface area contributed by atoms with Crippen molar-refractivity contribution in [3.8, 4) is 16.9 Å². The molecule has 0 aliphatic carbocycles. The Morgan fingerprint density at radius 3 is 2.03 bits per heavy atom. The van der Waals surface area contributed by atoms with Gasteiger partial charge in [0.15, 0.2) is 29.1 Å². The molecule has 0 aliphatic heterocycles. The van der Waals surface area contributed by atoms with E-state index in [0.29, 0.717) is 12.5 Å². The maximum atomic E-state index is 15.2. The molecule has 0 amide bonds. The largest absolute Gasteiger partial charge is 0.432 e. The fourth-order valence-corrected chi connectivity index (χ4v) is 4.21. The summed E-state index contributed by atoms with van der Waals surface area (Å²) in [5.74, 6) is -13.0. The lowest BCUT2D eigenvalue weighted by molar-refractivity contribution is -0.189. The van der Waals surface area contributed by atoms with Crippen LogP contribution in [-0.4, -0.2) is 0 Å². The van der Waals surface area contributed by atoms with Crippen LogP contribution in [0.1, 0.15) is 24.5 Å². The quantitative estimate of drug-likeness (QED) is 0.172. The standard InChI is InChI=1S/C26H14ClF9O/c1-2-3-11-4-5-15(23(32)22(11)31)12-6-13-8-17(28)21(25(34)20(13)16(27)7-12)26(35,36)37-14-9-18(29)24(33)19(30)10-14/h4-10H,2-3H2,1H3. The molecule has 0 radical (unpaired) electrons. The lowest BCUT2D eigenvalue weighted by Gasteiger charge is -2.21. The third-order valence-electron chi connectivity index (χ3n) is 5.57. The molecule has 0 atom stereocenters. The summed E-state index contributed by atoms with van der Waals surface area (Å²) >= 11 is 6.08. The van der Waals surface area contributed by atoms with Gasteiger partial charge in [-0.1, -0.05) is 37.1 Å². The molecular weight excluding hydrogens is 535 g/mol. The van der Waals surface area contributed by atoms with Crippen molar-refractivity contribution in [1.82, 2.24) is 0 Å². The molecule has 0 spiro atoms. The van der Waals surface area contributed by atoms with E-state index in [4.69, 9.17) is 11.6 Å². The van der Waals surface area contributed by atoms with Crippen LogP contribution in [0.5, 0.6) is 5.75 Å². The van der Waals surface area contributed by atoms with Crippen molar-refractivity contribution in [2.45, 2.75) is 25.9 Å². The summed E-state index contributed by atoms with van der Waals surface area (Å²) in [5, 5.41) is -1.61. The minimum absolute atomic E-state index is 0.0713. The average Bonchev–Trinajstić information content (AvgIpc) is 2.79. The second-order valence-electron chi connectivity index (χ2n) is 8.07. The van der Waals surface area contributed by atoms with Crippen LogP contribution in [0.4, 0.5) is 39.5 Å². The number of alkyl halides is 2. The zero-order valence-corrected chi connectivity index (χ0v) is 19.4. The van der Waals surface area contributed by atoms with Crippen molar-refractivity contribution in [3.63, 3.8) is 0 Å². The normalized spacial score (nSPS) is 11.9. The van der Waals surface area contributed by atoms with Gasteiger partial charge in [-0.05, 0) is 41.1 Å². The fourth-order valence-electron chi connectivity index (χ4n) is 3.90. The van der Waals surface area contributed by atoms with Gasteiger partial charge in [0.25, 0.3) is 0 Å². The zero-order chi connectivity index (χ0) is 27.2. The Morgan fingerprint density at radius 1 is 0.757 bits per heavy atom. The Bertz CT molecular complexity index is 1510. The number of halogens is 10. The van der Waals surface area contributed by atoms with Gasteiger partial charge in [-0.3, -0.25) is 0 Å². The first-order valence-electron chi connectivity index (χ1n) is 10.7. The van der Waals surface area contributed by atoms with E-state index in [2.05, 4.69) is 4.74 Å². The van der Waals surface area contributed by atoms with Crippen LogP contribution in [0.2, 0.25) is 5.02 Å². The predicted octanol–water partition coefficient (Wildman–Crippen LogP) is 9.21. The van der Waals surface area contributed by atoms with E-state index in [0.717, 1.165) is 12.1 Å². The number of rotatable bonds is 6. The van der Waals surface area contributed by atoms with Gasteiger partial charge >= 0.3 is 6.11 Å². The number of hydrogen-bond acceptors (Lipinski definition) is 1. The van der Waals surface area contributed by atoms with Gasteiger partial charge in [-0.2, -0.15) is 8.78 Å². The smallest absolute Gasteiger partial charge is 0.429 e. The minimum atomic E-state index is -4.83. The lowest BCUT2D eigenvalue weighted by atomic mass is 9.96. The number of benzene rings is 4. The highest BCUT2D eigenvalue weighted by Crippen LogP contribution is 2.41. The molecule has 0 unspecified atom stereocenters. The van der Waals surface area contributed by atoms with Crippen LogP contribution >= 0.6 is 11.6 Å². The van der Waals surface area contributed by atoms with Crippen LogP contribution in [0.15, 0.2) is 42.5 Å². The Labute approximate surface area is 209 Å². The Morgan fingerprint density at radius 2 is 1.41 bits per heavy atom. The Hall–Kier alpha value is -3.40. The van der Waals surface area contributed by atoms with Gasteiger partial charge < -0.3 is 4.74 Å². The van der Waals surface area contributed by atoms with Crippen LogP contribution in [0, 0.1) is 40.7 Å². The molecule has 11 heteroatoms. The Balaban J connectivity index is 1.82. The van der Waals surface area contributed by atoms with E-state index in [-0.39, 0.29) is 40.6 Å². The van der Waals surface area contributed by atoms with Crippen LogP contribution in [-0.2, 0) is 12.5 Å². The van der Waals surface area contributed by atoms with E-state index in [1.165, 1.54) is 12.1 Å². The summed E-state index contributed by atoms with van der Waals surface area (Å²) in [6, 6.07) is 5.22. The summed E-state index contributed by atoms with van der Waals surface area (Å²) < 4.78 is 133. The molecule has 0 N–H and O–H groups in total. The van der Waals surface area contributed by atoms with Gasteiger partial charge in [-0.15, -0.1) is 0 Å². The van der Waals surface area contributed by atoms with E-state index in [9.17, 15) is 35.1 Å². The van der Waals surface area contributed by atoms with Gasteiger partial charge in [-0.25, -0.2) is 30.7 Å². The van der Waals surface area contributed by atoms with Gasteiger partial charge in [0.05, 0.1) is 5.02 Å². The molecule has 4 aromatic carbocycles. The molecule has 0 aromatic heterocycles. The van der Waals surface area contributed by atoms with E-state index >= 15 is 4.39 Å². The number of aryl methyl sites for hydroxylation is 1. The molecule has 0 saturated heterocycles. The summed E-state index contributed by atoms with van der Waals surface area (Å²) in [4.78, 5) is 0. The van der Waals surface area contributed by atoms with E-state index in [1.54, 1.807) is 6.92 Å². The van der Waals surface area contributed by atoms with Gasteiger partial charge in [0.1, 0.15) is 22.9 Å². The highest BCUT2D eigenvalue weighted by Gasteiger charge is 2.42. The van der Waals surface area contributed by atoms with E-state index < -0.39 is 68.6 Å². The first-order chi connectivity index (χ1) is 17.4. The van der Waals surface area contributed by atoms with Crippen LogP contribution in [0.25, 0.3) is 21.9 Å². The number of fused-ring (bicyclic) bond motifs is 1. The fraction of sp³-hybridized carbons (Fsp3) is 0.154. The van der Waals surface area contributed by atoms with E-state index in [1.807, 2.05) is 0 Å². The first kappa shape index (κ1) is 26.7. The second-order valence-corrected chi connectivity index (χ2v) is 8.48. The topological polar surface area (TPSA) is 9.23 Å². The molecule has 0 aliphatic rings. The summed E-state index contributed by atoms with van der Waals surface area (Å²) in [6.07, 6.45) is -4.00. The monoisotopic (exact) mass is 548 g/mol. The number of hydrogen-bond donors (Lipinski definition) is 0. The molecule has 194 valence electrons. The average molecular weight is 549 g/mol. The summed E-state index contributed by atoms with van der Waals surface area (Å²) in [5.41, 5.74) is -2.18.